The number of amidine groups is 1. The van der Waals surface area contributed by atoms with E-state index in [9.17, 15) is 4.39 Å². The summed E-state index contributed by atoms with van der Waals surface area (Å²) in [7, 11) is 4.04. The van der Waals surface area contributed by atoms with Gasteiger partial charge in [0.2, 0.25) is 0 Å². The first-order valence-electron chi connectivity index (χ1n) is 17.5. The number of likely N-dealkylation sites (N-methyl/N-ethyl adjacent to an activating group) is 1. The van der Waals surface area contributed by atoms with E-state index in [-0.39, 0.29) is 59.4 Å². The Morgan fingerprint density at radius 2 is 1.92 bits per heavy atom. The molecule has 0 bridgehead atoms. The van der Waals surface area contributed by atoms with Gasteiger partial charge < -0.3 is 31.6 Å². The summed E-state index contributed by atoms with van der Waals surface area (Å²) in [6, 6.07) is 5.65. The fraction of sp³-hybridized carbons (Fsp3) is 0.553. The number of benzene rings is 1. The van der Waals surface area contributed by atoms with E-state index in [1.807, 2.05) is 35.0 Å². The number of rotatable bonds is 4. The molecule has 5 fully saturated rings. The van der Waals surface area contributed by atoms with E-state index in [2.05, 4.69) is 63.8 Å². The molecule has 262 valence electrons. The van der Waals surface area contributed by atoms with Gasteiger partial charge in [-0.1, -0.05) is 36.1 Å². The van der Waals surface area contributed by atoms with Crippen molar-refractivity contribution in [3.63, 3.8) is 0 Å². The van der Waals surface area contributed by atoms with Crippen LogP contribution in [-0.2, 0) is 0 Å². The van der Waals surface area contributed by atoms with Gasteiger partial charge >= 0.3 is 31.1 Å². The van der Waals surface area contributed by atoms with Crippen LogP contribution in [0.25, 0.3) is 22.2 Å². The second-order valence-corrected chi connectivity index (χ2v) is 15.2. The van der Waals surface area contributed by atoms with Crippen molar-refractivity contribution in [1.29, 1.82) is 5.41 Å². The molecule has 0 radical (unpaired) electrons. The number of pyridine rings is 1. The standard InChI is InChI=1S/C30H32ClFN7.C8H13FN.U/c1-30(12-5-14-37(30)2)13-10-24(33)39-15-11-20(17-39)38(3)29-22-16-34-27(26(32)28(22)35-18-36-29)21-6-4-7-23(31)25(21)19-8-9-19;1-8-3-2-4-10(8)6-7(9)5-8;/h4,6-7,16,19-20,33H,5,8-9,11-12,14-15,17H2,1-3H3;7H,1-6H2;/q2*-1;+2/t20-,30-;7-,8+;/m11./s1. The van der Waals surface area contributed by atoms with Crippen LogP contribution in [0.1, 0.15) is 69.8 Å². The maximum absolute atomic E-state index is 15.9. The zero-order valence-corrected chi connectivity index (χ0v) is 34.1. The monoisotopic (exact) mass is 924 g/mol. The molecule has 4 saturated heterocycles. The summed E-state index contributed by atoms with van der Waals surface area (Å²) >= 11 is 6.51. The molecule has 8 rings (SSSR count). The van der Waals surface area contributed by atoms with Crippen molar-refractivity contribution in [2.75, 3.05) is 51.7 Å². The molecule has 0 spiro atoms. The summed E-state index contributed by atoms with van der Waals surface area (Å²) in [5.74, 6) is 7.24. The Kier molecular flexibility index (Phi) is 11.2. The predicted octanol–water partition coefficient (Wildman–Crippen LogP) is 6.53. The minimum Gasteiger partial charge on any atom is -0.407 e. The Hall–Kier alpha value is -2.34. The first-order valence-corrected chi connectivity index (χ1v) is 17.9. The zero-order chi connectivity index (χ0) is 34.5. The molecule has 12 heteroatoms. The summed E-state index contributed by atoms with van der Waals surface area (Å²) in [5, 5.41) is 9.77. The first kappa shape index (κ1) is 37.4. The number of alkyl halides is 1. The van der Waals surface area contributed by atoms with E-state index >= 15 is 4.39 Å². The molecule has 6 heterocycles. The summed E-state index contributed by atoms with van der Waals surface area (Å²) in [6.07, 6.45) is 11.8. The van der Waals surface area contributed by atoms with E-state index in [0.29, 0.717) is 47.5 Å². The Morgan fingerprint density at radius 1 is 1.14 bits per heavy atom. The SMILES string of the molecule is CN(c1n[c-]nc2c(F)c(-c3cccc(Cl)c3C3CC3)ncc12)[C@@H]1CCN(C(=N)C#C[C@@]2(C)CCCN2C)C1.[CH2-][C@@]12CCCN1C[C@H](F)C2.[U+2]. The second-order valence-electron chi connectivity index (χ2n) is 14.8. The van der Waals surface area contributed by atoms with Gasteiger partial charge in [-0.25, -0.2) is 8.78 Å². The van der Waals surface area contributed by atoms with Crippen LogP contribution in [0.15, 0.2) is 24.4 Å². The Balaban J connectivity index is 0.000000336. The average Bonchev–Trinajstić information content (AvgIpc) is 3.35. The number of halogens is 3. The third-order valence-electron chi connectivity index (χ3n) is 11.4. The Labute approximate surface area is 323 Å². The van der Waals surface area contributed by atoms with Crippen molar-refractivity contribution in [1.82, 2.24) is 29.7 Å². The van der Waals surface area contributed by atoms with Crippen LogP contribution in [0, 0.1) is 67.4 Å². The van der Waals surface area contributed by atoms with Crippen LogP contribution in [0.4, 0.5) is 14.6 Å². The third kappa shape index (κ3) is 7.30. The molecule has 8 nitrogen and oxygen atoms in total. The van der Waals surface area contributed by atoms with Crippen molar-refractivity contribution in [2.24, 2.45) is 0 Å². The number of nitrogens with zero attached hydrogens (tertiary/aromatic N) is 7. The van der Waals surface area contributed by atoms with Gasteiger partial charge in [0, 0.05) is 60.1 Å². The third-order valence-corrected chi connectivity index (χ3v) is 11.7. The number of likely N-dealkylation sites (tertiary alicyclic amines) is 2. The number of hydrogen-bond acceptors (Lipinski definition) is 7. The first-order chi connectivity index (χ1) is 23.5. The van der Waals surface area contributed by atoms with Gasteiger partial charge in [0.1, 0.15) is 12.0 Å². The van der Waals surface area contributed by atoms with Crippen LogP contribution in [0.3, 0.4) is 0 Å². The van der Waals surface area contributed by atoms with Crippen molar-refractivity contribution < 1.29 is 39.9 Å². The molecule has 1 saturated carbocycles. The maximum atomic E-state index is 15.9. The number of nitrogens with one attached hydrogen (secondary N) is 1. The largest absolute Gasteiger partial charge is 2.00 e. The molecule has 4 atom stereocenters. The van der Waals surface area contributed by atoms with Gasteiger partial charge in [-0.15, -0.1) is 5.54 Å². The summed E-state index contributed by atoms with van der Waals surface area (Å²) in [4.78, 5) is 21.6. The van der Waals surface area contributed by atoms with Crippen molar-refractivity contribution in [3.8, 4) is 23.1 Å². The summed E-state index contributed by atoms with van der Waals surface area (Å²) in [6.45, 7) is 10.3. The summed E-state index contributed by atoms with van der Waals surface area (Å²) < 4.78 is 28.7. The molecule has 50 heavy (non-hydrogen) atoms. The van der Waals surface area contributed by atoms with Gasteiger partial charge in [0.25, 0.3) is 0 Å². The topological polar surface area (TPSA) is 75.5 Å². The molecule has 5 aliphatic rings. The number of fused-ring (bicyclic) bond motifs is 2. The molecule has 0 amide bonds. The molecular formula is C38H45ClF2N8U. The predicted molar refractivity (Wildman–Crippen MR) is 191 cm³/mol. The minimum atomic E-state index is -0.613. The van der Waals surface area contributed by atoms with Crippen molar-refractivity contribution >= 4 is 34.2 Å². The number of hydrogen-bond donors (Lipinski definition) is 1. The summed E-state index contributed by atoms with van der Waals surface area (Å²) in [5.41, 5.74) is 1.96. The molecule has 1 N–H and O–H groups in total. The zero-order valence-electron chi connectivity index (χ0n) is 29.2. The molecule has 4 aliphatic heterocycles. The van der Waals surface area contributed by atoms with E-state index in [1.54, 1.807) is 6.20 Å². The van der Waals surface area contributed by atoms with E-state index in [0.717, 1.165) is 69.3 Å². The quantitative estimate of drug-likeness (QED) is 0.138. The van der Waals surface area contributed by atoms with Gasteiger partial charge in [-0.3, -0.25) is 15.3 Å². The van der Waals surface area contributed by atoms with Crippen LogP contribution < -0.4 is 4.90 Å². The van der Waals surface area contributed by atoms with E-state index in [4.69, 9.17) is 17.0 Å². The normalized spacial score (nSPS) is 27.7. The molecule has 1 aliphatic carbocycles. The average molecular weight is 925 g/mol. The molecule has 2 aromatic heterocycles. The molecule has 3 aromatic rings. The smallest absolute Gasteiger partial charge is 0.407 e. The van der Waals surface area contributed by atoms with Gasteiger partial charge in [0.05, 0.1) is 11.2 Å². The minimum absolute atomic E-state index is 0. The van der Waals surface area contributed by atoms with Crippen LogP contribution in [-0.4, -0.2) is 106 Å². The molecule has 0 unspecified atom stereocenters. The van der Waals surface area contributed by atoms with E-state index in [1.165, 1.54) is 6.42 Å². The van der Waals surface area contributed by atoms with Crippen molar-refractivity contribution in [2.45, 2.75) is 87.5 Å². The fourth-order valence-corrected chi connectivity index (χ4v) is 8.44. The number of aromatic nitrogens is 3. The van der Waals surface area contributed by atoms with Crippen LogP contribution >= 0.6 is 11.6 Å². The van der Waals surface area contributed by atoms with Crippen LogP contribution in [0.5, 0.6) is 0 Å². The Bertz CT molecular complexity index is 1810. The maximum Gasteiger partial charge on any atom is 2.00 e. The van der Waals surface area contributed by atoms with Gasteiger partial charge in [-0.05, 0) is 108 Å². The second kappa shape index (κ2) is 15.0. The van der Waals surface area contributed by atoms with Gasteiger partial charge in [0.15, 0.2) is 5.84 Å². The van der Waals surface area contributed by atoms with Gasteiger partial charge in [-0.2, -0.15) is 0 Å². The van der Waals surface area contributed by atoms with Crippen molar-refractivity contribution in [3.05, 3.63) is 54.1 Å². The molecule has 1 aromatic carbocycles. The Morgan fingerprint density at radius 3 is 2.64 bits per heavy atom. The molecular weight excluding hydrogens is 880 g/mol. The fourth-order valence-electron chi connectivity index (χ4n) is 8.11. The van der Waals surface area contributed by atoms with E-state index < -0.39 is 12.0 Å². The number of anilines is 1. The van der Waals surface area contributed by atoms with Crippen LogP contribution in [0.2, 0.25) is 5.02 Å².